The number of ether oxygens (including phenoxy) is 3. The Labute approximate surface area is 198 Å². The average Bonchev–Trinajstić information content (AvgIpc) is 2.83. The second-order valence-corrected chi connectivity index (χ2v) is 7.26. The predicted octanol–water partition coefficient (Wildman–Crippen LogP) is 3.84. The summed E-state index contributed by atoms with van der Waals surface area (Å²) in [6.07, 6.45) is 0. The maximum Gasteiger partial charge on any atom is 0.387 e. The number of esters is 2. The lowest BCUT2D eigenvalue weighted by atomic mass is 9.81. The van der Waals surface area contributed by atoms with Crippen LogP contribution in [0.25, 0.3) is 0 Å². The van der Waals surface area contributed by atoms with Crippen molar-refractivity contribution in [1.29, 1.82) is 5.26 Å². The monoisotopic (exact) mass is 489 g/mol. The van der Waals surface area contributed by atoms with Crippen LogP contribution >= 0.6 is 11.6 Å². The van der Waals surface area contributed by atoms with Crippen molar-refractivity contribution in [2.24, 2.45) is 5.73 Å². The number of anilines is 1. The molecule has 0 bridgehead atoms. The first-order chi connectivity index (χ1) is 16.2. The fourth-order valence-electron chi connectivity index (χ4n) is 3.62. The molecule has 1 aliphatic rings. The van der Waals surface area contributed by atoms with E-state index in [-0.39, 0.29) is 27.7 Å². The quantitative estimate of drug-likeness (QED) is 0.609. The molecule has 11 heteroatoms. The number of carbonyl (C=O) groups is 2. The summed E-state index contributed by atoms with van der Waals surface area (Å²) in [7, 11) is 2.16. The van der Waals surface area contributed by atoms with Gasteiger partial charge in [-0.2, -0.15) is 14.0 Å². The minimum absolute atomic E-state index is 0.0805. The third kappa shape index (κ3) is 4.51. The number of carbonyl (C=O) groups excluding carboxylic acids is 2. The highest BCUT2D eigenvalue weighted by molar-refractivity contribution is 6.31. The van der Waals surface area contributed by atoms with Crippen LogP contribution in [0.1, 0.15) is 11.5 Å². The summed E-state index contributed by atoms with van der Waals surface area (Å²) in [6, 6.07) is 13.9. The van der Waals surface area contributed by atoms with E-state index in [0.717, 1.165) is 25.2 Å². The molecule has 1 heterocycles. The number of allylic oxidation sites excluding steroid dienone is 1. The van der Waals surface area contributed by atoms with Crippen molar-refractivity contribution in [3.05, 3.63) is 81.8 Å². The van der Waals surface area contributed by atoms with Crippen LogP contribution in [0, 0.1) is 11.3 Å². The van der Waals surface area contributed by atoms with Crippen LogP contribution in [0.3, 0.4) is 0 Å². The second kappa shape index (κ2) is 10.2. The fraction of sp³-hybridized carbons (Fsp3) is 0.174. The smallest absolute Gasteiger partial charge is 0.387 e. The average molecular weight is 490 g/mol. The van der Waals surface area contributed by atoms with Crippen LogP contribution in [-0.2, 0) is 19.1 Å². The molecular formula is C23H18ClF2N3O5. The molecule has 34 heavy (non-hydrogen) atoms. The molecule has 0 fully saturated rings. The molecule has 0 aliphatic carbocycles. The molecule has 2 N–H and O–H groups in total. The molecule has 176 valence electrons. The van der Waals surface area contributed by atoms with Crippen molar-refractivity contribution in [3.8, 4) is 11.8 Å². The summed E-state index contributed by atoms with van der Waals surface area (Å²) in [5.74, 6) is -3.83. The number of hydrogen-bond donors (Lipinski definition) is 1. The molecule has 0 saturated heterocycles. The molecule has 0 aromatic heterocycles. The van der Waals surface area contributed by atoms with E-state index in [4.69, 9.17) is 26.8 Å². The van der Waals surface area contributed by atoms with Gasteiger partial charge in [-0.15, -0.1) is 0 Å². The minimum Gasteiger partial charge on any atom is -0.466 e. The van der Waals surface area contributed by atoms with E-state index in [0.29, 0.717) is 5.56 Å². The van der Waals surface area contributed by atoms with Gasteiger partial charge in [-0.25, -0.2) is 9.59 Å². The number of alkyl halides is 2. The number of methoxy groups -OCH3 is 2. The van der Waals surface area contributed by atoms with Gasteiger partial charge in [-0.05, 0) is 23.8 Å². The first-order valence-corrected chi connectivity index (χ1v) is 10.0. The summed E-state index contributed by atoms with van der Waals surface area (Å²) in [5.41, 5.74) is 5.71. The lowest BCUT2D eigenvalue weighted by molar-refractivity contribution is -0.139. The minimum atomic E-state index is -3.23. The SMILES string of the molecule is COC(=O)C1=C(C(=O)OC)N(c2cc(Cl)ccc2OC(F)F)C(N)=C(C#N)C1c1ccccc1. The zero-order valence-electron chi connectivity index (χ0n) is 17.9. The van der Waals surface area contributed by atoms with Crippen molar-refractivity contribution in [2.75, 3.05) is 19.1 Å². The Kier molecular flexibility index (Phi) is 7.38. The molecule has 0 saturated carbocycles. The van der Waals surface area contributed by atoms with Gasteiger partial charge in [0.15, 0.2) is 0 Å². The van der Waals surface area contributed by atoms with Gasteiger partial charge in [-0.3, -0.25) is 4.90 Å². The van der Waals surface area contributed by atoms with Crippen molar-refractivity contribution < 1.29 is 32.6 Å². The van der Waals surface area contributed by atoms with Crippen molar-refractivity contribution in [2.45, 2.75) is 12.5 Å². The summed E-state index contributed by atoms with van der Waals surface area (Å²) in [5, 5.41) is 10.1. The van der Waals surface area contributed by atoms with Gasteiger partial charge in [0.1, 0.15) is 17.3 Å². The molecule has 2 aromatic carbocycles. The Morgan fingerprint density at radius 3 is 2.32 bits per heavy atom. The molecule has 0 amide bonds. The van der Waals surface area contributed by atoms with Crippen LogP contribution in [0.4, 0.5) is 14.5 Å². The van der Waals surface area contributed by atoms with Gasteiger partial charge >= 0.3 is 18.6 Å². The Hall–Kier alpha value is -4.10. The second-order valence-electron chi connectivity index (χ2n) is 6.83. The van der Waals surface area contributed by atoms with Crippen molar-refractivity contribution in [1.82, 2.24) is 0 Å². The van der Waals surface area contributed by atoms with E-state index in [2.05, 4.69) is 4.74 Å². The van der Waals surface area contributed by atoms with Gasteiger partial charge < -0.3 is 19.9 Å². The van der Waals surface area contributed by atoms with E-state index in [1.165, 1.54) is 12.1 Å². The van der Waals surface area contributed by atoms with Crippen LogP contribution in [0.2, 0.25) is 5.02 Å². The van der Waals surface area contributed by atoms with Crippen molar-refractivity contribution in [3.63, 3.8) is 0 Å². The lowest BCUT2D eigenvalue weighted by Gasteiger charge is -2.36. The number of benzene rings is 2. The summed E-state index contributed by atoms with van der Waals surface area (Å²) in [6.45, 7) is -3.23. The summed E-state index contributed by atoms with van der Waals surface area (Å²) < 4.78 is 40.6. The third-order valence-corrected chi connectivity index (χ3v) is 5.22. The van der Waals surface area contributed by atoms with Crippen LogP contribution in [-0.4, -0.2) is 32.8 Å². The number of hydrogen-bond acceptors (Lipinski definition) is 8. The highest BCUT2D eigenvalue weighted by Gasteiger charge is 2.43. The zero-order chi connectivity index (χ0) is 25.0. The molecule has 1 unspecified atom stereocenters. The fourth-order valence-corrected chi connectivity index (χ4v) is 3.79. The first kappa shape index (κ1) is 24.5. The predicted molar refractivity (Wildman–Crippen MR) is 118 cm³/mol. The third-order valence-electron chi connectivity index (χ3n) is 4.99. The number of halogens is 3. The Bertz CT molecular complexity index is 1220. The lowest BCUT2D eigenvalue weighted by Crippen LogP contribution is -2.41. The number of nitrogens with zero attached hydrogens (tertiary/aromatic N) is 2. The van der Waals surface area contributed by atoms with E-state index in [9.17, 15) is 23.6 Å². The van der Waals surface area contributed by atoms with Gasteiger partial charge in [0.05, 0.1) is 43.0 Å². The molecule has 1 atom stereocenters. The maximum absolute atomic E-state index is 13.1. The Morgan fingerprint density at radius 1 is 1.12 bits per heavy atom. The Morgan fingerprint density at radius 2 is 1.76 bits per heavy atom. The van der Waals surface area contributed by atoms with Crippen LogP contribution < -0.4 is 15.4 Å². The van der Waals surface area contributed by atoms with E-state index < -0.39 is 35.9 Å². The highest BCUT2D eigenvalue weighted by atomic mass is 35.5. The molecule has 0 spiro atoms. The topological polar surface area (TPSA) is 115 Å². The largest absolute Gasteiger partial charge is 0.466 e. The maximum atomic E-state index is 13.1. The van der Waals surface area contributed by atoms with Crippen LogP contribution in [0.5, 0.6) is 5.75 Å². The van der Waals surface area contributed by atoms with E-state index in [1.807, 2.05) is 6.07 Å². The molecular weight excluding hydrogens is 472 g/mol. The zero-order valence-corrected chi connectivity index (χ0v) is 18.7. The molecule has 2 aromatic rings. The summed E-state index contributed by atoms with van der Waals surface area (Å²) >= 11 is 6.09. The van der Waals surface area contributed by atoms with Crippen LogP contribution in [0.15, 0.2) is 71.2 Å². The highest BCUT2D eigenvalue weighted by Crippen LogP contribution is 2.46. The summed E-state index contributed by atoms with van der Waals surface area (Å²) in [4.78, 5) is 26.9. The Balaban J connectivity index is 2.45. The normalized spacial score (nSPS) is 15.8. The molecule has 1 aliphatic heterocycles. The number of nitriles is 1. The van der Waals surface area contributed by atoms with E-state index in [1.54, 1.807) is 30.3 Å². The molecule has 0 radical (unpaired) electrons. The van der Waals surface area contributed by atoms with E-state index >= 15 is 0 Å². The van der Waals surface area contributed by atoms with Gasteiger partial charge in [0.2, 0.25) is 0 Å². The molecule has 8 nitrogen and oxygen atoms in total. The molecule has 3 rings (SSSR count). The number of rotatable bonds is 6. The first-order valence-electron chi connectivity index (χ1n) is 9.65. The van der Waals surface area contributed by atoms with Crippen molar-refractivity contribution >= 4 is 29.2 Å². The van der Waals surface area contributed by atoms with Gasteiger partial charge in [0, 0.05) is 5.02 Å². The van der Waals surface area contributed by atoms with Gasteiger partial charge in [0.25, 0.3) is 0 Å². The van der Waals surface area contributed by atoms with Gasteiger partial charge in [-0.1, -0.05) is 41.9 Å². The standard InChI is InChI=1S/C23H18ClF2N3O5/c1-32-21(30)18-17(12-6-4-3-5-7-12)14(11-27)20(28)29(19(18)22(31)33-2)15-10-13(24)8-9-16(15)34-23(25)26/h3-10,17,23H,28H2,1-2H3. The number of nitrogens with two attached hydrogens (primary N) is 1.